The topological polar surface area (TPSA) is 89.0 Å². The van der Waals surface area contributed by atoms with Crippen LogP contribution in [0.1, 0.15) is 13.8 Å². The molecular weight excluding hydrogens is 246 g/mol. The van der Waals surface area contributed by atoms with Crippen LogP contribution in [-0.4, -0.2) is 63.8 Å². The first-order chi connectivity index (χ1) is 7.29. The maximum atomic E-state index is 8.25. The SMILES string of the molecule is CC(C)O.CN(C)O.C[N-]C.C[N-]C.[O]=[Ti+2]. The monoisotopic (exact) mass is 273 g/mol. The number of hydrogen-bond acceptors (Lipinski definition) is 4. The molecule has 0 amide bonds. The van der Waals surface area contributed by atoms with Crippen LogP contribution in [0.3, 0.4) is 0 Å². The fraction of sp³-hybridized carbons (Fsp3) is 1.00. The Morgan fingerprint density at radius 3 is 1.00 bits per heavy atom. The van der Waals surface area contributed by atoms with Crippen molar-refractivity contribution in [1.82, 2.24) is 5.06 Å². The summed E-state index contributed by atoms with van der Waals surface area (Å²) in [4.78, 5) is 0. The molecule has 7 heteroatoms. The summed E-state index contributed by atoms with van der Waals surface area (Å²) < 4.78 is 8.25. The van der Waals surface area contributed by atoms with Crippen molar-refractivity contribution in [1.29, 1.82) is 0 Å². The summed E-state index contributed by atoms with van der Waals surface area (Å²) in [6, 6.07) is 0. The minimum absolute atomic E-state index is 0.167. The molecule has 0 rings (SSSR count). The van der Waals surface area contributed by atoms with E-state index in [4.69, 9.17) is 13.6 Å². The van der Waals surface area contributed by atoms with Crippen molar-refractivity contribution in [2.45, 2.75) is 20.0 Å². The van der Waals surface area contributed by atoms with E-state index in [0.717, 1.165) is 25.5 Å². The Morgan fingerprint density at radius 1 is 1.00 bits per heavy atom. The summed E-state index contributed by atoms with van der Waals surface area (Å²) in [5.41, 5.74) is 0. The minimum atomic E-state index is -0.167. The first kappa shape index (κ1) is 29.9. The van der Waals surface area contributed by atoms with Crippen molar-refractivity contribution in [3.8, 4) is 0 Å². The number of aliphatic hydroxyl groups excluding tert-OH is 1. The molecule has 6 nitrogen and oxygen atoms in total. The van der Waals surface area contributed by atoms with Crippen molar-refractivity contribution in [3.05, 3.63) is 10.6 Å². The molecule has 0 unspecified atom stereocenters. The van der Waals surface area contributed by atoms with Gasteiger partial charge in [-0.15, -0.1) is 0 Å². The predicted molar refractivity (Wildman–Crippen MR) is 63.9 cm³/mol. The van der Waals surface area contributed by atoms with Crippen molar-refractivity contribution in [3.63, 3.8) is 0 Å². The van der Waals surface area contributed by atoms with E-state index < -0.39 is 0 Å². The molecule has 0 aromatic heterocycles. The van der Waals surface area contributed by atoms with Crippen LogP contribution in [-0.2, 0) is 23.7 Å². The van der Waals surface area contributed by atoms with E-state index in [9.17, 15) is 0 Å². The molecule has 0 atom stereocenters. The fourth-order valence-electron chi connectivity index (χ4n) is 0. The van der Waals surface area contributed by atoms with Crippen LogP contribution in [0.5, 0.6) is 0 Å². The molecule has 0 bridgehead atoms. The molecule has 16 heavy (non-hydrogen) atoms. The third-order valence-corrected chi connectivity index (χ3v) is 0. The molecule has 0 saturated heterocycles. The van der Waals surface area contributed by atoms with Crippen LogP contribution in [0.15, 0.2) is 0 Å². The molecule has 2 N–H and O–H groups in total. The van der Waals surface area contributed by atoms with Crippen LogP contribution in [0.25, 0.3) is 10.6 Å². The second-order valence-corrected chi connectivity index (χ2v) is 2.84. The van der Waals surface area contributed by atoms with Gasteiger partial charge in [-0.1, -0.05) is 0 Å². The zero-order valence-electron chi connectivity index (χ0n) is 11.7. The van der Waals surface area contributed by atoms with Gasteiger partial charge in [-0.3, -0.25) is 0 Å². The Kier molecular flexibility index (Phi) is 84.8. The number of aliphatic hydroxyl groups is 1. The van der Waals surface area contributed by atoms with Gasteiger partial charge in [0.15, 0.2) is 0 Å². The summed E-state index contributed by atoms with van der Waals surface area (Å²) in [6.45, 7) is 3.44. The summed E-state index contributed by atoms with van der Waals surface area (Å²) >= 11 is 0.750. The van der Waals surface area contributed by atoms with E-state index in [0.29, 0.717) is 0 Å². The van der Waals surface area contributed by atoms with Crippen LogP contribution < -0.4 is 0 Å². The fourth-order valence-corrected chi connectivity index (χ4v) is 0. The summed E-state index contributed by atoms with van der Waals surface area (Å²) in [6.07, 6.45) is -0.167. The summed E-state index contributed by atoms with van der Waals surface area (Å²) in [5, 5.41) is 23.9. The quantitative estimate of drug-likeness (QED) is 0.516. The van der Waals surface area contributed by atoms with Crippen LogP contribution in [0, 0.1) is 0 Å². The Balaban J connectivity index is -0.0000000322. The third kappa shape index (κ3) is 25700. The second kappa shape index (κ2) is 45.4. The van der Waals surface area contributed by atoms with Crippen molar-refractivity contribution < 1.29 is 34.0 Å². The Morgan fingerprint density at radius 2 is 1.00 bits per heavy atom. The van der Waals surface area contributed by atoms with E-state index in [1.54, 1.807) is 56.1 Å². The normalized spacial score (nSPS) is 7.12. The first-order valence-electron chi connectivity index (χ1n) is 4.50. The van der Waals surface area contributed by atoms with Gasteiger partial charge >= 0.3 is 23.7 Å². The Bertz CT molecular complexity index is 65.5. The summed E-state index contributed by atoms with van der Waals surface area (Å²) in [7, 11) is 10.1. The van der Waals surface area contributed by atoms with Gasteiger partial charge in [0.05, 0.1) is 0 Å². The first-order valence-corrected chi connectivity index (χ1v) is 5.14. The predicted octanol–water partition coefficient (Wildman–Crippen LogP) is 1.44. The molecule has 0 saturated carbocycles. The maximum absolute atomic E-state index is 8.25. The Hall–Kier alpha value is 0.314. The molecule has 0 aliphatic carbocycles. The molecule has 0 heterocycles. The zero-order chi connectivity index (χ0) is 14.6. The molecule has 0 aromatic rings. The van der Waals surface area contributed by atoms with E-state index in [1.165, 1.54) is 0 Å². The molecule has 0 aliphatic heterocycles. The van der Waals surface area contributed by atoms with Gasteiger partial charge in [-0.2, -0.15) is 33.3 Å². The van der Waals surface area contributed by atoms with E-state index >= 15 is 0 Å². The van der Waals surface area contributed by atoms with Gasteiger partial charge in [0.2, 0.25) is 0 Å². The van der Waals surface area contributed by atoms with E-state index in [-0.39, 0.29) is 6.10 Å². The summed E-state index contributed by atoms with van der Waals surface area (Å²) in [5.74, 6) is 0. The van der Waals surface area contributed by atoms with Gasteiger partial charge in [0.25, 0.3) is 0 Å². The number of hydroxylamine groups is 2. The van der Waals surface area contributed by atoms with Gasteiger partial charge in [-0.05, 0) is 13.8 Å². The molecule has 0 spiro atoms. The molecule has 0 aliphatic rings. The Labute approximate surface area is 112 Å². The van der Waals surface area contributed by atoms with E-state index in [1.807, 2.05) is 0 Å². The van der Waals surface area contributed by atoms with Crippen LogP contribution in [0.2, 0.25) is 0 Å². The van der Waals surface area contributed by atoms with Crippen LogP contribution in [0.4, 0.5) is 0 Å². The average molecular weight is 273 g/mol. The third-order valence-electron chi connectivity index (χ3n) is 0. The van der Waals surface area contributed by atoms with E-state index in [2.05, 4.69) is 10.6 Å². The number of rotatable bonds is 0. The molecule has 100 valence electrons. The van der Waals surface area contributed by atoms with Gasteiger partial charge in [0, 0.05) is 20.2 Å². The molecule has 0 aromatic carbocycles. The number of nitrogens with zero attached hydrogens (tertiary/aromatic N) is 3. The van der Waals surface area contributed by atoms with Crippen molar-refractivity contribution in [2.75, 3.05) is 42.3 Å². The van der Waals surface area contributed by atoms with Gasteiger partial charge in [0.1, 0.15) is 0 Å². The van der Waals surface area contributed by atoms with Gasteiger partial charge < -0.3 is 20.9 Å². The zero-order valence-corrected chi connectivity index (χ0v) is 13.3. The molecule has 0 radical (unpaired) electrons. The second-order valence-electron chi connectivity index (χ2n) is 2.84. The molecule has 0 fully saturated rings. The van der Waals surface area contributed by atoms with Crippen molar-refractivity contribution in [2.24, 2.45) is 0 Å². The average Bonchev–Trinajstić information content (AvgIpc) is 2.07. The van der Waals surface area contributed by atoms with Crippen molar-refractivity contribution >= 4 is 0 Å². The van der Waals surface area contributed by atoms with Crippen LogP contribution >= 0.6 is 0 Å². The molecular formula is C9H27N3O3Ti. The standard InChI is InChI=1S/C3H8O.C2H7NO.2C2H6N.O.Ti/c2*1-3(2)4;2*1-3-2;;/h3-4H,1-2H3;4H,1-2H3;2*1-2H3;;/q;;2*-1;;+2. The number of hydrogen-bond donors (Lipinski definition) is 2. The van der Waals surface area contributed by atoms with Gasteiger partial charge in [-0.25, -0.2) is 0 Å².